The summed E-state index contributed by atoms with van der Waals surface area (Å²) in [6.45, 7) is 7.29. The van der Waals surface area contributed by atoms with E-state index in [4.69, 9.17) is 0 Å². The van der Waals surface area contributed by atoms with Crippen molar-refractivity contribution in [2.45, 2.75) is 39.7 Å². The first-order valence-electron chi connectivity index (χ1n) is 11.9. The van der Waals surface area contributed by atoms with Crippen molar-refractivity contribution in [2.24, 2.45) is 0 Å². The summed E-state index contributed by atoms with van der Waals surface area (Å²) >= 11 is 0. The smallest absolute Gasteiger partial charge is 0.262 e. The van der Waals surface area contributed by atoms with Gasteiger partial charge in [0.1, 0.15) is 18.0 Å². The molecular weight excluding hydrogens is 441 g/mol. The van der Waals surface area contributed by atoms with E-state index in [1.165, 1.54) is 12.4 Å². The minimum absolute atomic E-state index is 0.0267. The number of hydrogen-bond donors (Lipinski definition) is 1. The Morgan fingerprint density at radius 1 is 1.06 bits per heavy atom. The van der Waals surface area contributed by atoms with Gasteiger partial charge in [-0.2, -0.15) is 0 Å². The monoisotopic (exact) mass is 469 g/mol. The van der Waals surface area contributed by atoms with Crippen molar-refractivity contribution in [3.63, 3.8) is 0 Å². The zero-order valence-corrected chi connectivity index (χ0v) is 20.2. The predicted octanol–water partition coefficient (Wildman–Crippen LogP) is 5.15. The highest BCUT2D eigenvalue weighted by molar-refractivity contribution is 6.11. The molecule has 178 valence electrons. The molecule has 4 aromatic rings. The van der Waals surface area contributed by atoms with E-state index in [0.717, 1.165) is 52.7 Å². The van der Waals surface area contributed by atoms with E-state index < -0.39 is 5.82 Å². The minimum Gasteiger partial charge on any atom is -0.315 e. The van der Waals surface area contributed by atoms with Crippen LogP contribution in [0.4, 0.5) is 10.2 Å². The number of nitrogens with zero attached hydrogens (tertiary/aromatic N) is 4. The van der Waals surface area contributed by atoms with Crippen LogP contribution in [0, 0.1) is 26.6 Å². The molecule has 0 radical (unpaired) electrons. The number of pyridine rings is 1. The quantitative estimate of drug-likeness (QED) is 0.447. The number of anilines is 1. The van der Waals surface area contributed by atoms with Crippen molar-refractivity contribution in [1.29, 1.82) is 0 Å². The van der Waals surface area contributed by atoms with Crippen molar-refractivity contribution in [1.82, 2.24) is 20.3 Å². The van der Waals surface area contributed by atoms with Gasteiger partial charge in [0.15, 0.2) is 0 Å². The van der Waals surface area contributed by atoms with Gasteiger partial charge >= 0.3 is 0 Å². The lowest BCUT2D eigenvalue weighted by molar-refractivity contribution is 0.0968. The second kappa shape index (κ2) is 9.50. The maximum absolute atomic E-state index is 15.6. The van der Waals surface area contributed by atoms with Crippen molar-refractivity contribution in [2.75, 3.05) is 18.0 Å². The van der Waals surface area contributed by atoms with Crippen LogP contribution in [-0.4, -0.2) is 40.0 Å². The van der Waals surface area contributed by atoms with Crippen LogP contribution >= 0.6 is 0 Å². The number of benzene rings is 2. The minimum atomic E-state index is -0.569. The standard InChI is InChI=1S/C28H28FN5O/c1-17-6-4-7-20-11-13-31-27(25(17)20)34(22-8-5-12-30-15-22)28(35)23-10-9-21(14-24(23)29)26-18(2)32-16-33-19(26)3/h4,6-7,9-11,13-14,16,22,30H,5,8,12,15H2,1-3H3/t22-/m1/s1. The van der Waals surface area contributed by atoms with Gasteiger partial charge < -0.3 is 5.32 Å². The number of amides is 1. The summed E-state index contributed by atoms with van der Waals surface area (Å²) in [7, 11) is 0. The Hall–Kier alpha value is -3.71. The van der Waals surface area contributed by atoms with Crippen LogP contribution in [-0.2, 0) is 0 Å². The van der Waals surface area contributed by atoms with Gasteiger partial charge in [0, 0.05) is 35.1 Å². The molecule has 35 heavy (non-hydrogen) atoms. The Labute approximate surface area is 204 Å². The number of aromatic nitrogens is 3. The van der Waals surface area contributed by atoms with Gasteiger partial charge in [-0.3, -0.25) is 9.69 Å². The number of hydrogen-bond acceptors (Lipinski definition) is 5. The number of carbonyl (C=O) groups is 1. The van der Waals surface area contributed by atoms with Gasteiger partial charge in [0.05, 0.1) is 11.6 Å². The van der Waals surface area contributed by atoms with Crippen molar-refractivity contribution >= 4 is 22.5 Å². The highest BCUT2D eigenvalue weighted by atomic mass is 19.1. The average molecular weight is 470 g/mol. The molecule has 1 saturated heterocycles. The lowest BCUT2D eigenvalue weighted by Gasteiger charge is -2.35. The molecule has 1 aliphatic heterocycles. The maximum Gasteiger partial charge on any atom is 0.262 e. The van der Waals surface area contributed by atoms with E-state index >= 15 is 4.39 Å². The van der Waals surface area contributed by atoms with E-state index in [1.807, 2.05) is 45.0 Å². The number of halogens is 1. The van der Waals surface area contributed by atoms with Gasteiger partial charge in [-0.05, 0) is 74.9 Å². The van der Waals surface area contributed by atoms with Crippen LogP contribution in [0.3, 0.4) is 0 Å². The van der Waals surface area contributed by atoms with Crippen molar-refractivity contribution in [3.8, 4) is 11.1 Å². The van der Waals surface area contributed by atoms with Gasteiger partial charge in [-0.25, -0.2) is 19.3 Å². The van der Waals surface area contributed by atoms with Crippen molar-refractivity contribution < 1.29 is 9.18 Å². The van der Waals surface area contributed by atoms with Gasteiger partial charge in [-0.15, -0.1) is 0 Å². The highest BCUT2D eigenvalue weighted by Crippen LogP contribution is 2.33. The number of aryl methyl sites for hydroxylation is 3. The van der Waals surface area contributed by atoms with E-state index in [9.17, 15) is 4.79 Å². The molecule has 1 amide bonds. The molecule has 2 aromatic heterocycles. The first-order valence-corrected chi connectivity index (χ1v) is 11.9. The fourth-order valence-corrected chi connectivity index (χ4v) is 5.04. The Balaban J connectivity index is 1.62. The number of carbonyl (C=O) groups excluding carboxylic acids is 1. The van der Waals surface area contributed by atoms with E-state index in [2.05, 4.69) is 20.3 Å². The first kappa shape index (κ1) is 23.1. The third-order valence-corrected chi connectivity index (χ3v) is 6.78. The summed E-state index contributed by atoms with van der Waals surface area (Å²) in [4.78, 5) is 28.8. The lowest BCUT2D eigenvalue weighted by Crippen LogP contribution is -2.49. The summed E-state index contributed by atoms with van der Waals surface area (Å²) < 4.78 is 15.6. The molecule has 0 saturated carbocycles. The van der Waals surface area contributed by atoms with Crippen LogP contribution in [0.25, 0.3) is 21.9 Å². The Morgan fingerprint density at radius 2 is 1.86 bits per heavy atom. The molecule has 1 fully saturated rings. The van der Waals surface area contributed by atoms with Gasteiger partial charge in [0.2, 0.25) is 0 Å². The zero-order valence-electron chi connectivity index (χ0n) is 20.2. The third-order valence-electron chi connectivity index (χ3n) is 6.78. The molecule has 0 unspecified atom stereocenters. The highest BCUT2D eigenvalue weighted by Gasteiger charge is 2.31. The van der Waals surface area contributed by atoms with E-state index in [0.29, 0.717) is 17.9 Å². The molecular formula is C28H28FN5O. The van der Waals surface area contributed by atoms with Crippen LogP contribution in [0.15, 0.2) is 55.0 Å². The van der Waals surface area contributed by atoms with Gasteiger partial charge in [0.25, 0.3) is 5.91 Å². The van der Waals surface area contributed by atoms with E-state index in [1.54, 1.807) is 23.2 Å². The summed E-state index contributed by atoms with van der Waals surface area (Å²) in [6, 6.07) is 12.6. The summed E-state index contributed by atoms with van der Waals surface area (Å²) in [5.74, 6) is -0.379. The molecule has 0 bridgehead atoms. The predicted molar refractivity (Wildman–Crippen MR) is 136 cm³/mol. The molecule has 1 N–H and O–H groups in total. The zero-order chi connectivity index (χ0) is 24.5. The van der Waals surface area contributed by atoms with Crippen molar-refractivity contribution in [3.05, 3.63) is 83.3 Å². The molecule has 0 spiro atoms. The first-order chi connectivity index (χ1) is 17.0. The molecule has 6 nitrogen and oxygen atoms in total. The second-order valence-electron chi connectivity index (χ2n) is 9.10. The summed E-state index contributed by atoms with van der Waals surface area (Å²) in [5.41, 5.74) is 4.02. The molecule has 7 heteroatoms. The Morgan fingerprint density at radius 3 is 2.57 bits per heavy atom. The lowest BCUT2D eigenvalue weighted by atomic mass is 9.98. The fourth-order valence-electron chi connectivity index (χ4n) is 5.04. The fraction of sp³-hybridized carbons (Fsp3) is 0.286. The maximum atomic E-state index is 15.6. The molecule has 1 aliphatic rings. The largest absolute Gasteiger partial charge is 0.315 e. The average Bonchev–Trinajstić information content (AvgIpc) is 2.85. The number of nitrogens with one attached hydrogen (secondary N) is 1. The molecule has 2 aromatic carbocycles. The van der Waals surface area contributed by atoms with Crippen LogP contribution < -0.4 is 10.2 Å². The van der Waals surface area contributed by atoms with Crippen LogP contribution in [0.2, 0.25) is 0 Å². The number of piperidine rings is 1. The summed E-state index contributed by atoms with van der Waals surface area (Å²) in [5, 5.41) is 5.30. The van der Waals surface area contributed by atoms with Gasteiger partial charge in [-0.1, -0.05) is 24.3 Å². The van der Waals surface area contributed by atoms with E-state index in [-0.39, 0.29) is 17.5 Å². The molecule has 3 heterocycles. The SMILES string of the molecule is Cc1ncnc(C)c1-c1ccc(C(=O)N(c2nccc3cccc(C)c23)[C@@H]2CCCNC2)c(F)c1. The topological polar surface area (TPSA) is 71.0 Å². The Kier molecular flexibility index (Phi) is 6.26. The molecule has 0 aliphatic carbocycles. The summed E-state index contributed by atoms with van der Waals surface area (Å²) in [6.07, 6.45) is 4.97. The number of rotatable bonds is 4. The molecule has 1 atom stereocenters. The molecule has 5 rings (SSSR count). The number of fused-ring (bicyclic) bond motifs is 1. The Bertz CT molecular complexity index is 1390. The second-order valence-corrected chi connectivity index (χ2v) is 9.10. The third kappa shape index (κ3) is 4.28. The normalized spacial score (nSPS) is 15.8. The van der Waals surface area contributed by atoms with Crippen LogP contribution in [0.1, 0.15) is 40.2 Å². The van der Waals surface area contributed by atoms with Crippen LogP contribution in [0.5, 0.6) is 0 Å².